The van der Waals surface area contributed by atoms with Crippen LogP contribution >= 0.6 is 11.3 Å². The summed E-state index contributed by atoms with van der Waals surface area (Å²) in [6.45, 7) is 0.224. The van der Waals surface area contributed by atoms with E-state index < -0.39 is 0 Å². The van der Waals surface area contributed by atoms with Crippen molar-refractivity contribution in [2.45, 2.75) is 32.1 Å². The minimum atomic E-state index is 0.0237. The first-order valence-corrected chi connectivity index (χ1v) is 7.34. The Morgan fingerprint density at radius 3 is 2.89 bits per heavy atom. The molecule has 0 amide bonds. The monoisotopic (exact) mass is 279 g/mol. The van der Waals surface area contributed by atoms with Crippen molar-refractivity contribution in [3.05, 3.63) is 29.3 Å². The summed E-state index contributed by atoms with van der Waals surface area (Å²) >= 11 is 1.56. The first-order chi connectivity index (χ1) is 9.31. The predicted molar refractivity (Wildman–Crippen MR) is 74.3 cm³/mol. The molecule has 0 fully saturated rings. The standard InChI is InChI=1S/C14H17NO3S/c16-8-4-2-1-3-6-12(17)11-10-13(18-15-11)14-7-5-9-19-14/h5,7,9-10,16H,1-4,6,8H2. The predicted octanol–water partition coefficient (Wildman–Crippen LogP) is 3.53. The van der Waals surface area contributed by atoms with Gasteiger partial charge in [-0.2, -0.15) is 0 Å². The van der Waals surface area contributed by atoms with Crippen LogP contribution in [0, 0.1) is 0 Å². The highest BCUT2D eigenvalue weighted by Gasteiger charge is 2.13. The van der Waals surface area contributed by atoms with Crippen molar-refractivity contribution in [3.8, 4) is 10.6 Å². The molecule has 0 aliphatic rings. The fourth-order valence-corrected chi connectivity index (χ4v) is 2.49. The molecular formula is C14H17NO3S. The van der Waals surface area contributed by atoms with Gasteiger partial charge >= 0.3 is 0 Å². The van der Waals surface area contributed by atoms with Crippen LogP contribution in [-0.4, -0.2) is 22.7 Å². The number of hydrogen-bond acceptors (Lipinski definition) is 5. The number of hydrogen-bond donors (Lipinski definition) is 1. The van der Waals surface area contributed by atoms with Gasteiger partial charge < -0.3 is 9.63 Å². The molecule has 0 aliphatic carbocycles. The summed E-state index contributed by atoms with van der Waals surface area (Å²) in [5, 5.41) is 14.4. The number of Topliss-reactive ketones (excluding diaryl/α,β-unsaturated/α-hetero) is 1. The van der Waals surface area contributed by atoms with E-state index in [-0.39, 0.29) is 12.4 Å². The number of nitrogens with zero attached hydrogens (tertiary/aromatic N) is 1. The van der Waals surface area contributed by atoms with Crippen LogP contribution in [0.2, 0.25) is 0 Å². The van der Waals surface area contributed by atoms with Crippen LogP contribution in [-0.2, 0) is 0 Å². The van der Waals surface area contributed by atoms with Gasteiger partial charge in [-0.25, -0.2) is 0 Å². The van der Waals surface area contributed by atoms with Crippen LogP contribution in [0.5, 0.6) is 0 Å². The maximum atomic E-state index is 11.9. The zero-order valence-electron chi connectivity index (χ0n) is 10.7. The summed E-state index contributed by atoms with van der Waals surface area (Å²) in [5.74, 6) is 0.675. The van der Waals surface area contributed by atoms with Gasteiger partial charge in [0.15, 0.2) is 11.5 Å². The smallest absolute Gasteiger partial charge is 0.184 e. The van der Waals surface area contributed by atoms with Gasteiger partial charge in [0.05, 0.1) is 4.88 Å². The van der Waals surface area contributed by atoms with Gasteiger partial charge in [0.2, 0.25) is 0 Å². The summed E-state index contributed by atoms with van der Waals surface area (Å²) in [6.07, 6.45) is 4.05. The van der Waals surface area contributed by atoms with E-state index in [9.17, 15) is 4.79 Å². The number of rotatable bonds is 8. The average Bonchev–Trinajstić information content (AvgIpc) is 3.08. The Morgan fingerprint density at radius 1 is 1.32 bits per heavy atom. The molecule has 5 heteroatoms. The molecule has 1 N–H and O–H groups in total. The first kappa shape index (κ1) is 14.0. The van der Waals surface area contributed by atoms with Crippen molar-refractivity contribution in [1.82, 2.24) is 5.16 Å². The van der Waals surface area contributed by atoms with Crippen molar-refractivity contribution in [2.75, 3.05) is 6.61 Å². The Kier molecular flexibility index (Phi) is 5.30. The maximum absolute atomic E-state index is 11.9. The van der Waals surface area contributed by atoms with Gasteiger partial charge in [0.1, 0.15) is 5.69 Å². The third-order valence-corrected chi connectivity index (χ3v) is 3.76. The second-order valence-corrected chi connectivity index (χ2v) is 5.31. The zero-order valence-corrected chi connectivity index (χ0v) is 11.5. The molecule has 0 radical (unpaired) electrons. The van der Waals surface area contributed by atoms with Crippen LogP contribution in [0.25, 0.3) is 10.6 Å². The molecule has 0 saturated carbocycles. The summed E-state index contributed by atoms with van der Waals surface area (Å²) in [5.41, 5.74) is 0.408. The highest BCUT2D eigenvalue weighted by Crippen LogP contribution is 2.25. The zero-order chi connectivity index (χ0) is 13.5. The van der Waals surface area contributed by atoms with E-state index in [2.05, 4.69) is 5.16 Å². The minimum Gasteiger partial charge on any atom is -0.396 e. The number of unbranched alkanes of at least 4 members (excludes halogenated alkanes) is 3. The van der Waals surface area contributed by atoms with Crippen molar-refractivity contribution in [1.29, 1.82) is 0 Å². The molecule has 0 aromatic carbocycles. The van der Waals surface area contributed by atoms with Gasteiger partial charge in [-0.1, -0.05) is 24.1 Å². The van der Waals surface area contributed by atoms with Gasteiger partial charge in [0, 0.05) is 19.1 Å². The Balaban J connectivity index is 1.83. The van der Waals surface area contributed by atoms with E-state index in [1.165, 1.54) is 0 Å². The summed E-state index contributed by atoms with van der Waals surface area (Å²) < 4.78 is 5.18. The third-order valence-electron chi connectivity index (χ3n) is 2.87. The highest BCUT2D eigenvalue weighted by atomic mass is 32.1. The molecule has 0 unspecified atom stereocenters. The second kappa shape index (κ2) is 7.21. The Labute approximate surface area is 116 Å². The molecule has 0 atom stereocenters. The average molecular weight is 279 g/mol. The molecule has 2 heterocycles. The van der Waals surface area contributed by atoms with Gasteiger partial charge in [-0.15, -0.1) is 11.3 Å². The topological polar surface area (TPSA) is 63.3 Å². The van der Waals surface area contributed by atoms with Crippen LogP contribution in [0.15, 0.2) is 28.1 Å². The van der Waals surface area contributed by atoms with Crippen LogP contribution in [0.1, 0.15) is 42.6 Å². The molecule has 2 rings (SSSR count). The molecule has 0 bridgehead atoms. The molecule has 2 aromatic heterocycles. The lowest BCUT2D eigenvalue weighted by Gasteiger charge is -1.97. The van der Waals surface area contributed by atoms with E-state index in [1.54, 1.807) is 17.4 Å². The molecule has 4 nitrogen and oxygen atoms in total. The Hall–Kier alpha value is -1.46. The Bertz CT molecular complexity index is 505. The van der Waals surface area contributed by atoms with E-state index in [1.807, 2.05) is 17.5 Å². The van der Waals surface area contributed by atoms with E-state index in [4.69, 9.17) is 9.63 Å². The van der Waals surface area contributed by atoms with Crippen LogP contribution in [0.3, 0.4) is 0 Å². The lowest BCUT2D eigenvalue weighted by Crippen LogP contribution is -1.99. The fourth-order valence-electron chi connectivity index (χ4n) is 1.82. The largest absolute Gasteiger partial charge is 0.396 e. The summed E-state index contributed by atoms with van der Waals surface area (Å²) in [6, 6.07) is 5.58. The fraction of sp³-hybridized carbons (Fsp3) is 0.429. The van der Waals surface area contributed by atoms with Gasteiger partial charge in [-0.05, 0) is 24.3 Å². The summed E-state index contributed by atoms with van der Waals surface area (Å²) in [4.78, 5) is 12.9. The molecule has 0 aliphatic heterocycles. The SMILES string of the molecule is O=C(CCCCCCO)c1cc(-c2cccs2)on1. The van der Waals surface area contributed by atoms with E-state index in [0.717, 1.165) is 30.6 Å². The molecule has 102 valence electrons. The number of aromatic nitrogens is 1. The van der Waals surface area contributed by atoms with Gasteiger partial charge in [-0.3, -0.25) is 4.79 Å². The van der Waals surface area contributed by atoms with Crippen molar-refractivity contribution < 1.29 is 14.4 Å². The first-order valence-electron chi connectivity index (χ1n) is 6.46. The molecule has 19 heavy (non-hydrogen) atoms. The quantitative estimate of drug-likeness (QED) is 0.593. The molecular weight excluding hydrogens is 262 g/mol. The number of thiophene rings is 1. The number of aliphatic hydroxyl groups is 1. The number of carbonyl (C=O) groups excluding carboxylic acids is 1. The third kappa shape index (κ3) is 4.01. The Morgan fingerprint density at radius 2 is 2.16 bits per heavy atom. The van der Waals surface area contributed by atoms with E-state index in [0.29, 0.717) is 17.9 Å². The van der Waals surface area contributed by atoms with Gasteiger partial charge in [0.25, 0.3) is 0 Å². The lowest BCUT2D eigenvalue weighted by atomic mass is 10.1. The van der Waals surface area contributed by atoms with E-state index >= 15 is 0 Å². The lowest BCUT2D eigenvalue weighted by molar-refractivity contribution is 0.0970. The number of ketones is 1. The second-order valence-electron chi connectivity index (χ2n) is 4.36. The highest BCUT2D eigenvalue weighted by molar-refractivity contribution is 7.13. The van der Waals surface area contributed by atoms with Crippen molar-refractivity contribution in [2.24, 2.45) is 0 Å². The number of carbonyl (C=O) groups is 1. The maximum Gasteiger partial charge on any atom is 0.184 e. The molecule has 0 saturated heterocycles. The van der Waals surface area contributed by atoms with Crippen LogP contribution < -0.4 is 0 Å². The number of aliphatic hydroxyl groups excluding tert-OH is 1. The van der Waals surface area contributed by atoms with Crippen molar-refractivity contribution in [3.63, 3.8) is 0 Å². The molecule has 0 spiro atoms. The molecule has 2 aromatic rings. The summed E-state index contributed by atoms with van der Waals surface area (Å²) in [7, 11) is 0. The van der Waals surface area contributed by atoms with Crippen LogP contribution in [0.4, 0.5) is 0 Å². The minimum absolute atomic E-state index is 0.0237. The normalized spacial score (nSPS) is 10.8. The van der Waals surface area contributed by atoms with Crippen molar-refractivity contribution >= 4 is 17.1 Å².